The van der Waals surface area contributed by atoms with Crippen molar-refractivity contribution in [2.45, 2.75) is 6.54 Å². The predicted molar refractivity (Wildman–Crippen MR) is 114 cm³/mol. The van der Waals surface area contributed by atoms with Crippen molar-refractivity contribution in [1.82, 2.24) is 14.5 Å². The highest BCUT2D eigenvalue weighted by atomic mass is 16.4. The number of rotatable bonds is 3. The summed E-state index contributed by atoms with van der Waals surface area (Å²) >= 11 is 0. The molecule has 0 spiro atoms. The molecule has 0 unspecified atom stereocenters. The molecule has 0 bridgehead atoms. The molecule has 2 aromatic heterocycles. The number of carboxylic acids is 1. The van der Waals surface area contributed by atoms with E-state index < -0.39 is 5.97 Å². The number of nitrogens with two attached hydrogens (primary N) is 2. The first-order chi connectivity index (χ1) is 14.0. The number of aromatic carboxylic acids is 1. The number of benzene rings is 3. The fourth-order valence-corrected chi connectivity index (χ4v) is 3.81. The molecule has 0 aliphatic rings. The zero-order valence-corrected chi connectivity index (χ0v) is 15.3. The number of carboxylic acid groups (broad SMARTS) is 1. The molecule has 0 saturated heterocycles. The zero-order valence-electron chi connectivity index (χ0n) is 15.3. The fourth-order valence-electron chi connectivity index (χ4n) is 3.81. The highest BCUT2D eigenvalue weighted by Gasteiger charge is 2.11. The van der Waals surface area contributed by atoms with E-state index in [9.17, 15) is 4.79 Å². The summed E-state index contributed by atoms with van der Waals surface area (Å²) < 4.78 is 2.14. The molecule has 0 fully saturated rings. The summed E-state index contributed by atoms with van der Waals surface area (Å²) in [6, 6.07) is 17.1. The maximum Gasteiger partial charge on any atom is 0.335 e. The van der Waals surface area contributed by atoms with Gasteiger partial charge in [-0.15, -0.1) is 0 Å². The normalized spacial score (nSPS) is 11.4. The van der Waals surface area contributed by atoms with Crippen molar-refractivity contribution < 1.29 is 9.90 Å². The number of nitrogens with zero attached hydrogens (tertiary/aromatic N) is 3. The number of fused-ring (bicyclic) bond motifs is 4. The van der Waals surface area contributed by atoms with Crippen molar-refractivity contribution in [3.8, 4) is 0 Å². The van der Waals surface area contributed by atoms with Crippen molar-refractivity contribution in [2.75, 3.05) is 11.5 Å². The van der Waals surface area contributed by atoms with Gasteiger partial charge in [-0.05, 0) is 52.7 Å². The van der Waals surface area contributed by atoms with Crippen molar-refractivity contribution in [2.24, 2.45) is 0 Å². The second-order valence-electron chi connectivity index (χ2n) is 7.00. The Morgan fingerprint density at radius 2 is 1.76 bits per heavy atom. The molecular weight excluding hydrogens is 366 g/mol. The highest BCUT2D eigenvalue weighted by Crippen LogP contribution is 2.30. The van der Waals surface area contributed by atoms with Crippen LogP contribution in [0.3, 0.4) is 0 Å². The first-order valence-corrected chi connectivity index (χ1v) is 9.06. The zero-order chi connectivity index (χ0) is 20.1. The van der Waals surface area contributed by atoms with E-state index >= 15 is 0 Å². The molecule has 142 valence electrons. The molecule has 7 nitrogen and oxygen atoms in total. The van der Waals surface area contributed by atoms with Crippen LogP contribution in [-0.4, -0.2) is 25.6 Å². The lowest BCUT2D eigenvalue weighted by Gasteiger charge is -2.09. The third-order valence-corrected chi connectivity index (χ3v) is 5.16. The third-order valence-electron chi connectivity index (χ3n) is 5.16. The average molecular weight is 383 g/mol. The van der Waals surface area contributed by atoms with Gasteiger partial charge in [-0.25, -0.2) is 9.78 Å². The Morgan fingerprint density at radius 1 is 0.966 bits per heavy atom. The van der Waals surface area contributed by atoms with E-state index in [2.05, 4.69) is 20.6 Å². The first kappa shape index (κ1) is 17.0. The molecule has 0 amide bonds. The molecule has 3 aromatic carbocycles. The number of hydrogen-bond acceptors (Lipinski definition) is 5. The van der Waals surface area contributed by atoms with Crippen LogP contribution in [0.15, 0.2) is 60.8 Å². The second kappa shape index (κ2) is 6.20. The van der Waals surface area contributed by atoms with Gasteiger partial charge in [0.05, 0.1) is 16.5 Å². The molecule has 0 radical (unpaired) electrons. The Labute approximate surface area is 165 Å². The van der Waals surface area contributed by atoms with Crippen LogP contribution in [0.25, 0.3) is 32.6 Å². The molecule has 0 saturated carbocycles. The summed E-state index contributed by atoms with van der Waals surface area (Å²) in [6.45, 7) is 0.668. The van der Waals surface area contributed by atoms with Crippen LogP contribution in [0, 0.1) is 0 Å². The summed E-state index contributed by atoms with van der Waals surface area (Å²) in [4.78, 5) is 19.5. The van der Waals surface area contributed by atoms with Crippen molar-refractivity contribution in [3.63, 3.8) is 0 Å². The van der Waals surface area contributed by atoms with Gasteiger partial charge in [0.1, 0.15) is 5.82 Å². The quantitative estimate of drug-likeness (QED) is 0.437. The summed E-state index contributed by atoms with van der Waals surface area (Å²) in [5, 5.41) is 12.8. The van der Waals surface area contributed by atoms with Gasteiger partial charge in [0.15, 0.2) is 0 Å². The third kappa shape index (κ3) is 2.80. The molecule has 0 aliphatic carbocycles. The van der Waals surface area contributed by atoms with Crippen LogP contribution < -0.4 is 11.5 Å². The fraction of sp³-hybridized carbons (Fsp3) is 0.0455. The van der Waals surface area contributed by atoms with Crippen molar-refractivity contribution >= 4 is 50.3 Å². The SMILES string of the molecule is Nc1nc(N)c2c(ccc3c2ccn3Cc2ccc3cc(C(=O)O)ccc3c2)n1. The van der Waals surface area contributed by atoms with Crippen LogP contribution in [0.1, 0.15) is 15.9 Å². The lowest BCUT2D eigenvalue weighted by molar-refractivity contribution is 0.0697. The Kier molecular flexibility index (Phi) is 3.64. The Hall–Kier alpha value is -4.13. The van der Waals surface area contributed by atoms with Crippen LogP contribution in [0.5, 0.6) is 0 Å². The number of hydrogen-bond donors (Lipinski definition) is 3. The number of aromatic nitrogens is 3. The molecule has 7 heteroatoms. The number of anilines is 2. The minimum Gasteiger partial charge on any atom is -0.478 e. The summed E-state index contributed by atoms with van der Waals surface area (Å²) in [5.74, 6) is -0.390. The summed E-state index contributed by atoms with van der Waals surface area (Å²) in [7, 11) is 0. The van der Waals surface area contributed by atoms with Crippen LogP contribution >= 0.6 is 0 Å². The van der Waals surface area contributed by atoms with Gasteiger partial charge in [-0.1, -0.05) is 18.2 Å². The standard InChI is InChI=1S/C22H17N5O2/c23-20-19-16-7-8-27(18(16)6-5-17(19)25-22(24)26-20)11-12-1-2-14-10-15(21(28)29)4-3-13(14)9-12/h1-10H,11H2,(H,28,29)(H4,23,24,25,26). The molecule has 5 aromatic rings. The Balaban J connectivity index is 1.57. The molecule has 2 heterocycles. The Bertz CT molecular complexity index is 1440. The molecule has 0 atom stereocenters. The van der Waals surface area contributed by atoms with Gasteiger partial charge >= 0.3 is 5.97 Å². The van der Waals surface area contributed by atoms with E-state index in [1.165, 1.54) is 0 Å². The van der Waals surface area contributed by atoms with Gasteiger partial charge < -0.3 is 21.1 Å². The van der Waals surface area contributed by atoms with Crippen LogP contribution in [0.4, 0.5) is 11.8 Å². The maximum absolute atomic E-state index is 11.2. The number of nitrogen functional groups attached to an aromatic ring is 2. The molecule has 5 N–H and O–H groups in total. The topological polar surface area (TPSA) is 120 Å². The lowest BCUT2D eigenvalue weighted by Crippen LogP contribution is -2.01. The summed E-state index contributed by atoms with van der Waals surface area (Å²) in [5.41, 5.74) is 15.0. The second-order valence-corrected chi connectivity index (χ2v) is 7.00. The Morgan fingerprint density at radius 3 is 2.59 bits per heavy atom. The van der Waals surface area contributed by atoms with Crippen LogP contribution in [-0.2, 0) is 6.54 Å². The average Bonchev–Trinajstić information content (AvgIpc) is 3.09. The van der Waals surface area contributed by atoms with Crippen LogP contribution in [0.2, 0.25) is 0 Å². The van der Waals surface area contributed by atoms with E-state index in [1.54, 1.807) is 12.1 Å². The van der Waals surface area contributed by atoms with Gasteiger partial charge in [0, 0.05) is 23.6 Å². The monoisotopic (exact) mass is 383 g/mol. The first-order valence-electron chi connectivity index (χ1n) is 9.06. The van der Waals surface area contributed by atoms with E-state index in [-0.39, 0.29) is 11.5 Å². The van der Waals surface area contributed by atoms with Gasteiger partial charge in [0.2, 0.25) is 5.95 Å². The summed E-state index contributed by atoms with van der Waals surface area (Å²) in [6.07, 6.45) is 2.01. The largest absolute Gasteiger partial charge is 0.478 e. The minimum absolute atomic E-state index is 0.163. The predicted octanol–water partition coefficient (Wildman–Crippen LogP) is 3.65. The smallest absolute Gasteiger partial charge is 0.335 e. The van der Waals surface area contributed by atoms with Crippen molar-refractivity contribution in [3.05, 3.63) is 71.9 Å². The molecule has 0 aliphatic heterocycles. The van der Waals surface area contributed by atoms with Gasteiger partial charge in [0.25, 0.3) is 0 Å². The van der Waals surface area contributed by atoms with Crippen molar-refractivity contribution in [1.29, 1.82) is 0 Å². The van der Waals surface area contributed by atoms with Gasteiger partial charge in [-0.3, -0.25) is 0 Å². The maximum atomic E-state index is 11.2. The molecule has 29 heavy (non-hydrogen) atoms. The van der Waals surface area contributed by atoms with E-state index in [0.717, 1.165) is 38.1 Å². The minimum atomic E-state index is -0.924. The number of carbonyl (C=O) groups is 1. The molecule has 5 rings (SSSR count). The van der Waals surface area contributed by atoms with Gasteiger partial charge in [-0.2, -0.15) is 4.98 Å². The van der Waals surface area contributed by atoms with E-state index in [1.807, 2.05) is 42.6 Å². The van der Waals surface area contributed by atoms with E-state index in [0.29, 0.717) is 12.4 Å². The molecular formula is C22H17N5O2. The highest BCUT2D eigenvalue weighted by molar-refractivity contribution is 6.10. The lowest BCUT2D eigenvalue weighted by atomic mass is 10.0. The van der Waals surface area contributed by atoms with E-state index in [4.69, 9.17) is 16.6 Å².